The number of nitrogens with zero attached hydrogens (tertiary/aromatic N) is 2. The zero-order valence-electron chi connectivity index (χ0n) is 18.5. The molecule has 34 heavy (non-hydrogen) atoms. The van der Waals surface area contributed by atoms with E-state index in [0.29, 0.717) is 23.6 Å². The number of aryl methyl sites for hydroxylation is 1. The zero-order chi connectivity index (χ0) is 23.5. The first-order valence-electron chi connectivity index (χ1n) is 10.9. The van der Waals surface area contributed by atoms with Crippen LogP contribution in [0.5, 0.6) is 5.75 Å². The fraction of sp³-hybridized carbons (Fsp3) is 0.0714. The Hall–Kier alpha value is -3.90. The highest BCUT2D eigenvalue weighted by atomic mass is 79.9. The zero-order valence-corrected chi connectivity index (χ0v) is 20.1. The summed E-state index contributed by atoms with van der Waals surface area (Å²) in [5, 5.41) is 3.54. The second-order valence-corrected chi connectivity index (χ2v) is 8.89. The molecule has 0 aliphatic carbocycles. The Morgan fingerprint density at radius 1 is 0.941 bits per heavy atom. The molecule has 0 radical (unpaired) electrons. The number of hydrogen-bond donors (Lipinski definition) is 1. The van der Waals surface area contributed by atoms with Crippen LogP contribution in [0.2, 0.25) is 0 Å². The van der Waals surface area contributed by atoms with Crippen molar-refractivity contribution >= 4 is 33.4 Å². The lowest BCUT2D eigenvalue weighted by Crippen LogP contribution is -2.09. The number of halogens is 1. The van der Waals surface area contributed by atoms with E-state index in [4.69, 9.17) is 9.72 Å². The van der Waals surface area contributed by atoms with Gasteiger partial charge < -0.3 is 10.1 Å². The summed E-state index contributed by atoms with van der Waals surface area (Å²) >= 11 is 3.56. The van der Waals surface area contributed by atoms with Crippen LogP contribution in [0, 0.1) is 6.92 Å². The Labute approximate surface area is 206 Å². The summed E-state index contributed by atoms with van der Waals surface area (Å²) in [5.74, 6) is 0.870. The van der Waals surface area contributed by atoms with Crippen molar-refractivity contribution in [2.75, 3.05) is 5.32 Å². The van der Waals surface area contributed by atoms with E-state index in [1.165, 1.54) is 0 Å². The monoisotopic (exact) mass is 511 g/mol. The predicted molar refractivity (Wildman–Crippen MR) is 138 cm³/mol. The number of pyridine rings is 1. The summed E-state index contributed by atoms with van der Waals surface area (Å²) in [7, 11) is 0. The van der Waals surface area contributed by atoms with Crippen molar-refractivity contribution in [3.05, 3.63) is 118 Å². The summed E-state index contributed by atoms with van der Waals surface area (Å²) in [6, 6.07) is 28.9. The van der Waals surface area contributed by atoms with E-state index in [-0.39, 0.29) is 0 Å². The normalized spacial score (nSPS) is 10.9. The van der Waals surface area contributed by atoms with Crippen LogP contribution in [-0.4, -0.2) is 15.4 Å². The van der Waals surface area contributed by atoms with E-state index in [1.807, 2.05) is 78.2 Å². The first-order chi connectivity index (χ1) is 16.6. The third-order valence-corrected chi connectivity index (χ3v) is 5.99. The molecule has 0 aliphatic rings. The molecule has 1 N–H and O–H groups in total. The topological polar surface area (TPSA) is 55.6 Å². The molecule has 3 aromatic carbocycles. The maximum absolute atomic E-state index is 12.9. The molecule has 0 aliphatic heterocycles. The summed E-state index contributed by atoms with van der Waals surface area (Å²) in [6.07, 6.45) is 1.97. The van der Waals surface area contributed by atoms with Gasteiger partial charge in [-0.25, -0.2) is 9.78 Å². The lowest BCUT2D eigenvalue weighted by Gasteiger charge is -2.12. The fourth-order valence-corrected chi connectivity index (χ4v) is 4.09. The van der Waals surface area contributed by atoms with Gasteiger partial charge in [0.2, 0.25) is 0 Å². The van der Waals surface area contributed by atoms with Crippen LogP contribution in [0.15, 0.2) is 102 Å². The minimum atomic E-state index is -0.405. The van der Waals surface area contributed by atoms with E-state index in [0.717, 1.165) is 32.6 Å². The van der Waals surface area contributed by atoms with Crippen LogP contribution < -0.4 is 10.1 Å². The fourth-order valence-electron chi connectivity index (χ4n) is 3.76. The minimum Gasteiger partial charge on any atom is -0.422 e. The molecule has 0 saturated heterocycles. The van der Waals surface area contributed by atoms with Crippen molar-refractivity contribution in [1.29, 1.82) is 0 Å². The maximum Gasteiger partial charge on any atom is 0.343 e. The maximum atomic E-state index is 12.9. The average Bonchev–Trinajstić information content (AvgIpc) is 3.21. The van der Waals surface area contributed by atoms with Crippen LogP contribution in [0.25, 0.3) is 16.9 Å². The Kier molecular flexibility index (Phi) is 6.14. The number of para-hydroxylation sites is 1. The second-order valence-electron chi connectivity index (χ2n) is 7.98. The minimum absolute atomic E-state index is 0.405. The SMILES string of the molecule is Cc1ccc(C(=O)Oc2ccccc2-c2nc3ccc(Br)cn3c2NCc2ccccc2)cc1. The molecular formula is C28H22BrN3O2. The molecule has 0 spiro atoms. The van der Waals surface area contributed by atoms with Gasteiger partial charge in [0.15, 0.2) is 0 Å². The molecule has 5 rings (SSSR count). The number of carbonyl (C=O) groups is 1. The smallest absolute Gasteiger partial charge is 0.343 e. The molecule has 5 aromatic rings. The summed E-state index contributed by atoms with van der Waals surface area (Å²) in [5.41, 5.74) is 4.97. The number of carbonyl (C=O) groups excluding carboxylic acids is 1. The molecule has 2 aromatic heterocycles. The highest BCUT2D eigenvalue weighted by molar-refractivity contribution is 9.10. The molecule has 168 valence electrons. The number of esters is 1. The molecule has 5 nitrogen and oxygen atoms in total. The molecular weight excluding hydrogens is 490 g/mol. The number of hydrogen-bond acceptors (Lipinski definition) is 4. The molecule has 0 amide bonds. The molecule has 6 heteroatoms. The van der Waals surface area contributed by atoms with E-state index in [9.17, 15) is 4.79 Å². The molecule has 0 saturated carbocycles. The number of rotatable bonds is 6. The van der Waals surface area contributed by atoms with Gasteiger partial charge in [-0.3, -0.25) is 4.40 Å². The molecule has 2 heterocycles. The summed E-state index contributed by atoms with van der Waals surface area (Å²) in [6.45, 7) is 2.61. The largest absolute Gasteiger partial charge is 0.422 e. The van der Waals surface area contributed by atoms with Crippen molar-refractivity contribution in [2.24, 2.45) is 0 Å². The van der Waals surface area contributed by atoms with Gasteiger partial charge in [-0.2, -0.15) is 0 Å². The number of nitrogens with one attached hydrogen (secondary N) is 1. The number of anilines is 1. The van der Waals surface area contributed by atoms with Gasteiger partial charge in [0.1, 0.15) is 22.9 Å². The van der Waals surface area contributed by atoms with Crippen LogP contribution in [0.3, 0.4) is 0 Å². The Balaban J connectivity index is 1.55. The van der Waals surface area contributed by atoms with Crippen molar-refractivity contribution in [3.8, 4) is 17.0 Å². The first kappa shape index (κ1) is 21.9. The number of benzene rings is 3. The highest BCUT2D eigenvalue weighted by Crippen LogP contribution is 2.36. The van der Waals surface area contributed by atoms with Crippen LogP contribution in [-0.2, 0) is 6.54 Å². The van der Waals surface area contributed by atoms with E-state index in [2.05, 4.69) is 33.4 Å². The van der Waals surface area contributed by atoms with Crippen molar-refractivity contribution < 1.29 is 9.53 Å². The molecule has 0 fully saturated rings. The van der Waals surface area contributed by atoms with Crippen LogP contribution in [0.4, 0.5) is 5.82 Å². The van der Waals surface area contributed by atoms with Gasteiger partial charge in [-0.05, 0) is 64.8 Å². The lowest BCUT2D eigenvalue weighted by molar-refractivity contribution is 0.0735. The first-order valence-corrected chi connectivity index (χ1v) is 11.7. The van der Waals surface area contributed by atoms with Gasteiger partial charge in [0.25, 0.3) is 0 Å². The number of imidazole rings is 1. The van der Waals surface area contributed by atoms with Gasteiger partial charge in [-0.15, -0.1) is 0 Å². The van der Waals surface area contributed by atoms with E-state index < -0.39 is 5.97 Å². The second kappa shape index (κ2) is 9.53. The van der Waals surface area contributed by atoms with Gasteiger partial charge in [0.05, 0.1) is 5.56 Å². The van der Waals surface area contributed by atoms with Gasteiger partial charge >= 0.3 is 5.97 Å². The number of aromatic nitrogens is 2. The lowest BCUT2D eigenvalue weighted by atomic mass is 10.1. The van der Waals surface area contributed by atoms with Gasteiger partial charge in [0, 0.05) is 22.8 Å². The van der Waals surface area contributed by atoms with Crippen molar-refractivity contribution in [2.45, 2.75) is 13.5 Å². The van der Waals surface area contributed by atoms with E-state index >= 15 is 0 Å². The number of ether oxygens (including phenoxy) is 1. The Morgan fingerprint density at radius 2 is 1.68 bits per heavy atom. The van der Waals surface area contributed by atoms with Gasteiger partial charge in [-0.1, -0.05) is 60.2 Å². The third kappa shape index (κ3) is 4.58. The summed E-state index contributed by atoms with van der Waals surface area (Å²) in [4.78, 5) is 17.7. The molecule has 0 bridgehead atoms. The standard InChI is InChI=1S/C28H22BrN3O2/c1-19-11-13-21(14-12-19)28(33)34-24-10-6-5-9-23(24)26-27(30-17-20-7-3-2-4-8-20)32-18-22(29)15-16-25(32)31-26/h2-16,18,30H,17H2,1H3. The quantitative estimate of drug-likeness (QED) is 0.199. The number of fused-ring (bicyclic) bond motifs is 1. The molecule has 0 atom stereocenters. The summed E-state index contributed by atoms with van der Waals surface area (Å²) < 4.78 is 8.77. The van der Waals surface area contributed by atoms with Crippen molar-refractivity contribution in [3.63, 3.8) is 0 Å². The molecule has 0 unspecified atom stereocenters. The predicted octanol–water partition coefficient (Wildman–Crippen LogP) is 6.90. The van der Waals surface area contributed by atoms with Crippen molar-refractivity contribution in [1.82, 2.24) is 9.38 Å². The van der Waals surface area contributed by atoms with E-state index in [1.54, 1.807) is 18.2 Å². The third-order valence-electron chi connectivity index (χ3n) is 5.52. The highest BCUT2D eigenvalue weighted by Gasteiger charge is 2.20. The average molecular weight is 512 g/mol. The van der Waals surface area contributed by atoms with Crippen LogP contribution in [0.1, 0.15) is 21.5 Å². The Bertz CT molecular complexity index is 1460. The Morgan fingerprint density at radius 3 is 2.47 bits per heavy atom. The van der Waals surface area contributed by atoms with Crippen LogP contribution >= 0.6 is 15.9 Å².